The minimum absolute atomic E-state index is 0.176. The van der Waals surface area contributed by atoms with Crippen LogP contribution in [-0.4, -0.2) is 64.0 Å². The summed E-state index contributed by atoms with van der Waals surface area (Å²) < 4.78 is 7.74. The number of piperazine rings is 1. The lowest BCUT2D eigenvalue weighted by atomic mass is 9.87. The summed E-state index contributed by atoms with van der Waals surface area (Å²) in [6.07, 6.45) is 4.53. The van der Waals surface area contributed by atoms with Crippen molar-refractivity contribution in [2.75, 3.05) is 44.2 Å². The van der Waals surface area contributed by atoms with Crippen LogP contribution in [0.1, 0.15) is 32.8 Å². The molecule has 0 unspecified atom stereocenters. The van der Waals surface area contributed by atoms with Crippen molar-refractivity contribution in [3.8, 4) is 5.75 Å². The van der Waals surface area contributed by atoms with E-state index in [-0.39, 0.29) is 5.41 Å². The van der Waals surface area contributed by atoms with E-state index in [2.05, 4.69) is 69.9 Å². The summed E-state index contributed by atoms with van der Waals surface area (Å²) in [5.74, 6) is 1.95. The highest BCUT2D eigenvalue weighted by atomic mass is 16.5. The van der Waals surface area contributed by atoms with Gasteiger partial charge in [0.15, 0.2) is 5.65 Å². The number of aryl methyl sites for hydroxylation is 1. The largest absolute Gasteiger partial charge is 0.494 e. The van der Waals surface area contributed by atoms with E-state index >= 15 is 0 Å². The normalized spacial score (nSPS) is 15.7. The molecule has 0 N–H and O–H groups in total. The summed E-state index contributed by atoms with van der Waals surface area (Å²) in [6, 6.07) is 8.50. The van der Waals surface area contributed by atoms with Gasteiger partial charge in [0, 0.05) is 39.8 Å². The van der Waals surface area contributed by atoms with Crippen molar-refractivity contribution in [2.45, 2.75) is 32.6 Å². The van der Waals surface area contributed by atoms with Crippen LogP contribution >= 0.6 is 0 Å². The fraction of sp³-hybridized carbons (Fsp3) is 0.522. The minimum atomic E-state index is 0.176. The predicted molar refractivity (Wildman–Crippen MR) is 120 cm³/mol. The highest BCUT2D eigenvalue weighted by Crippen LogP contribution is 2.25. The molecule has 0 bridgehead atoms. The molecule has 1 fully saturated rings. The first-order valence-electron chi connectivity index (χ1n) is 10.8. The molecule has 3 heterocycles. The van der Waals surface area contributed by atoms with Crippen molar-refractivity contribution in [1.82, 2.24) is 24.6 Å². The molecule has 0 saturated carbocycles. The van der Waals surface area contributed by atoms with Crippen molar-refractivity contribution in [3.05, 3.63) is 42.4 Å². The summed E-state index contributed by atoms with van der Waals surface area (Å²) in [6.45, 7) is 12.5. The molecule has 7 heteroatoms. The van der Waals surface area contributed by atoms with Crippen LogP contribution in [-0.2, 0) is 12.5 Å². The van der Waals surface area contributed by atoms with Crippen molar-refractivity contribution in [3.63, 3.8) is 0 Å². The van der Waals surface area contributed by atoms with Gasteiger partial charge in [-0.05, 0) is 29.5 Å². The van der Waals surface area contributed by atoms with Crippen LogP contribution in [0.2, 0.25) is 0 Å². The molecule has 30 heavy (non-hydrogen) atoms. The van der Waals surface area contributed by atoms with E-state index in [0.29, 0.717) is 0 Å². The second-order valence-corrected chi connectivity index (χ2v) is 9.01. The molecule has 2 aromatic heterocycles. The summed E-state index contributed by atoms with van der Waals surface area (Å²) in [5, 5.41) is 5.35. The monoisotopic (exact) mass is 408 g/mol. The second kappa shape index (κ2) is 8.60. The first kappa shape index (κ1) is 20.6. The van der Waals surface area contributed by atoms with Gasteiger partial charge in [0.25, 0.3) is 0 Å². The Morgan fingerprint density at radius 2 is 1.73 bits per heavy atom. The molecule has 0 amide bonds. The second-order valence-electron chi connectivity index (χ2n) is 9.01. The van der Waals surface area contributed by atoms with Gasteiger partial charge in [-0.2, -0.15) is 5.10 Å². The lowest BCUT2D eigenvalue weighted by molar-refractivity contribution is 0.224. The maximum Gasteiger partial charge on any atom is 0.163 e. The molecular weight excluding hydrogens is 376 g/mol. The zero-order valence-corrected chi connectivity index (χ0v) is 18.5. The number of fused-ring (bicyclic) bond motifs is 1. The van der Waals surface area contributed by atoms with Crippen LogP contribution in [0.4, 0.5) is 5.82 Å². The van der Waals surface area contributed by atoms with Crippen molar-refractivity contribution in [1.29, 1.82) is 0 Å². The van der Waals surface area contributed by atoms with Crippen LogP contribution < -0.4 is 9.64 Å². The van der Waals surface area contributed by atoms with Crippen molar-refractivity contribution in [2.24, 2.45) is 7.05 Å². The Labute approximate surface area is 178 Å². The standard InChI is InChI=1S/C23H32N6O/c1-23(2,3)18-6-8-19(9-7-18)30-15-5-10-28-11-13-29(14-12-28)22-20-16-26-27(4)21(20)24-17-25-22/h6-9,16-17H,5,10-15H2,1-4H3. The zero-order chi connectivity index (χ0) is 21.1. The summed E-state index contributed by atoms with van der Waals surface area (Å²) in [7, 11) is 1.91. The molecule has 1 aliphatic rings. The van der Waals surface area contributed by atoms with Crippen molar-refractivity contribution < 1.29 is 4.74 Å². The summed E-state index contributed by atoms with van der Waals surface area (Å²) >= 11 is 0. The van der Waals surface area contributed by atoms with Crippen LogP contribution in [0.25, 0.3) is 11.0 Å². The molecule has 0 radical (unpaired) electrons. The van der Waals surface area contributed by atoms with E-state index in [1.54, 1.807) is 11.0 Å². The molecule has 0 atom stereocenters. The van der Waals surface area contributed by atoms with Gasteiger partial charge in [0.2, 0.25) is 0 Å². The third-order valence-corrected chi connectivity index (χ3v) is 5.79. The lowest BCUT2D eigenvalue weighted by Crippen LogP contribution is -2.47. The first-order chi connectivity index (χ1) is 14.4. The molecule has 1 aromatic carbocycles. The number of rotatable bonds is 6. The van der Waals surface area contributed by atoms with E-state index < -0.39 is 0 Å². The van der Waals surface area contributed by atoms with Gasteiger partial charge >= 0.3 is 0 Å². The van der Waals surface area contributed by atoms with Crippen LogP contribution in [0.5, 0.6) is 5.75 Å². The molecule has 0 spiro atoms. The Morgan fingerprint density at radius 1 is 1.00 bits per heavy atom. The van der Waals surface area contributed by atoms with Crippen molar-refractivity contribution >= 4 is 16.9 Å². The van der Waals surface area contributed by atoms with Crippen LogP contribution in [0.3, 0.4) is 0 Å². The molecule has 1 saturated heterocycles. The van der Waals surface area contributed by atoms with Crippen LogP contribution in [0, 0.1) is 0 Å². The number of anilines is 1. The van der Waals surface area contributed by atoms with Gasteiger partial charge in [-0.3, -0.25) is 9.58 Å². The van der Waals surface area contributed by atoms with E-state index in [9.17, 15) is 0 Å². The smallest absolute Gasteiger partial charge is 0.163 e. The van der Waals surface area contributed by atoms with E-state index in [1.807, 2.05) is 13.2 Å². The molecule has 1 aliphatic heterocycles. The number of benzene rings is 1. The van der Waals surface area contributed by atoms with Gasteiger partial charge in [-0.15, -0.1) is 0 Å². The fourth-order valence-corrected chi connectivity index (χ4v) is 3.91. The average Bonchev–Trinajstić information content (AvgIpc) is 3.12. The molecule has 7 nitrogen and oxygen atoms in total. The number of hydrogen-bond acceptors (Lipinski definition) is 6. The number of hydrogen-bond donors (Lipinski definition) is 0. The van der Waals surface area contributed by atoms with Gasteiger partial charge in [0.05, 0.1) is 18.2 Å². The predicted octanol–water partition coefficient (Wildman–Crippen LogP) is 3.25. The Balaban J connectivity index is 1.22. The summed E-state index contributed by atoms with van der Waals surface area (Å²) in [4.78, 5) is 13.7. The van der Waals surface area contributed by atoms with E-state index in [0.717, 1.165) is 68.4 Å². The number of nitrogens with zero attached hydrogens (tertiary/aromatic N) is 6. The fourth-order valence-electron chi connectivity index (χ4n) is 3.91. The van der Waals surface area contributed by atoms with E-state index in [4.69, 9.17) is 4.74 Å². The number of ether oxygens (including phenoxy) is 1. The Kier molecular flexibility index (Phi) is 5.90. The number of aromatic nitrogens is 4. The first-order valence-corrected chi connectivity index (χ1v) is 10.8. The Hall–Kier alpha value is -2.67. The van der Waals surface area contributed by atoms with Gasteiger partial charge in [-0.25, -0.2) is 9.97 Å². The molecule has 160 valence electrons. The average molecular weight is 409 g/mol. The zero-order valence-electron chi connectivity index (χ0n) is 18.5. The Bertz CT molecular complexity index is 968. The molecule has 4 rings (SSSR count). The highest BCUT2D eigenvalue weighted by Gasteiger charge is 2.20. The third-order valence-electron chi connectivity index (χ3n) is 5.79. The topological polar surface area (TPSA) is 59.3 Å². The molecular formula is C23H32N6O. The van der Waals surface area contributed by atoms with Gasteiger partial charge in [-0.1, -0.05) is 32.9 Å². The summed E-state index contributed by atoms with van der Waals surface area (Å²) in [5.41, 5.74) is 2.39. The van der Waals surface area contributed by atoms with Crippen LogP contribution in [0.15, 0.2) is 36.8 Å². The Morgan fingerprint density at radius 3 is 2.43 bits per heavy atom. The third kappa shape index (κ3) is 4.56. The quantitative estimate of drug-likeness (QED) is 0.584. The SMILES string of the molecule is Cn1ncc2c(N3CCN(CCCOc4ccc(C(C)(C)C)cc4)CC3)ncnc21. The van der Waals surface area contributed by atoms with E-state index in [1.165, 1.54) is 5.56 Å². The molecule has 3 aromatic rings. The maximum atomic E-state index is 5.94. The highest BCUT2D eigenvalue weighted by molar-refractivity contribution is 5.86. The minimum Gasteiger partial charge on any atom is -0.494 e. The maximum absolute atomic E-state index is 5.94. The van der Waals surface area contributed by atoms with Gasteiger partial charge < -0.3 is 9.64 Å². The lowest BCUT2D eigenvalue weighted by Gasteiger charge is -2.35. The molecule has 0 aliphatic carbocycles. The van der Waals surface area contributed by atoms with Gasteiger partial charge in [0.1, 0.15) is 17.9 Å².